The van der Waals surface area contributed by atoms with Gasteiger partial charge in [-0.3, -0.25) is 9.52 Å². The fourth-order valence-electron chi connectivity index (χ4n) is 2.11. The molecule has 0 fully saturated rings. The first-order chi connectivity index (χ1) is 10.3. The van der Waals surface area contributed by atoms with E-state index in [2.05, 4.69) is 15.0 Å². The molecule has 2 N–H and O–H groups in total. The van der Waals surface area contributed by atoms with Gasteiger partial charge < -0.3 is 5.32 Å². The van der Waals surface area contributed by atoms with E-state index in [4.69, 9.17) is 0 Å². The number of hydrogen-bond acceptors (Lipinski definition) is 5. The van der Waals surface area contributed by atoms with Crippen LogP contribution in [0.15, 0.2) is 18.2 Å². The molecule has 6 nitrogen and oxygen atoms in total. The van der Waals surface area contributed by atoms with Gasteiger partial charge in [-0.05, 0) is 31.0 Å². The molecule has 0 atom stereocenters. The van der Waals surface area contributed by atoms with E-state index < -0.39 is 10.0 Å². The number of anilines is 2. The van der Waals surface area contributed by atoms with E-state index in [0.29, 0.717) is 16.3 Å². The molecule has 0 bridgehead atoms. The smallest absolute Gasteiger partial charge is 0.231 e. The number of amides is 1. The Bertz CT molecular complexity index is 780. The third-order valence-corrected chi connectivity index (χ3v) is 4.91. The van der Waals surface area contributed by atoms with Crippen LogP contribution in [0.5, 0.6) is 0 Å². The first-order valence-corrected chi connectivity index (χ1v) is 9.72. The van der Waals surface area contributed by atoms with Gasteiger partial charge in [0.15, 0.2) is 5.13 Å². The lowest BCUT2D eigenvalue weighted by Crippen LogP contribution is -2.21. The molecule has 1 amide bonds. The van der Waals surface area contributed by atoms with Gasteiger partial charge in [0.05, 0.1) is 16.5 Å². The highest BCUT2D eigenvalue weighted by atomic mass is 32.2. The maximum atomic E-state index is 12.1. The lowest BCUT2D eigenvalue weighted by molar-refractivity contribution is -0.120. The van der Waals surface area contributed by atoms with Crippen molar-refractivity contribution in [2.24, 2.45) is 5.92 Å². The number of nitrogens with one attached hydrogen (secondary N) is 2. The highest BCUT2D eigenvalue weighted by molar-refractivity contribution is 7.92. The van der Waals surface area contributed by atoms with Crippen LogP contribution in [0.4, 0.5) is 10.8 Å². The molecule has 120 valence electrons. The zero-order chi connectivity index (χ0) is 16.3. The average Bonchev–Trinajstić information content (AvgIpc) is 2.79. The molecule has 0 aliphatic rings. The Morgan fingerprint density at radius 2 is 2.00 bits per heavy atom. The maximum Gasteiger partial charge on any atom is 0.231 e. The number of thiazole rings is 1. The highest BCUT2D eigenvalue weighted by Gasteiger charge is 2.15. The first kappa shape index (κ1) is 16.7. The van der Waals surface area contributed by atoms with Gasteiger partial charge in [-0.2, -0.15) is 0 Å². The fourth-order valence-corrected chi connectivity index (χ4v) is 3.85. The molecule has 8 heteroatoms. The zero-order valence-electron chi connectivity index (χ0n) is 12.7. The summed E-state index contributed by atoms with van der Waals surface area (Å²) in [4.78, 5) is 16.3. The molecule has 0 spiro atoms. The number of nitrogens with zero attached hydrogens (tertiary/aromatic N) is 1. The van der Waals surface area contributed by atoms with Crippen LogP contribution < -0.4 is 10.0 Å². The largest absolute Gasteiger partial charge is 0.326 e. The molecule has 0 unspecified atom stereocenters. The van der Waals surface area contributed by atoms with Crippen molar-refractivity contribution in [2.75, 3.05) is 16.3 Å². The SMILES string of the molecule is CCC(CC)C(=O)Nc1ccc2nc(NS(C)(=O)=O)sc2c1. The molecule has 0 saturated carbocycles. The second-order valence-electron chi connectivity index (χ2n) is 5.08. The third kappa shape index (κ3) is 4.17. The van der Waals surface area contributed by atoms with Gasteiger partial charge in [0.1, 0.15) is 0 Å². The highest BCUT2D eigenvalue weighted by Crippen LogP contribution is 2.29. The summed E-state index contributed by atoms with van der Waals surface area (Å²) in [6.07, 6.45) is 2.68. The van der Waals surface area contributed by atoms with E-state index in [1.807, 2.05) is 13.8 Å². The van der Waals surface area contributed by atoms with E-state index in [9.17, 15) is 13.2 Å². The number of hydrogen-bond donors (Lipinski definition) is 2. The monoisotopic (exact) mass is 341 g/mol. The molecule has 2 aromatic rings. The van der Waals surface area contributed by atoms with Crippen LogP contribution in [0, 0.1) is 5.92 Å². The molecule has 1 aromatic heterocycles. The van der Waals surface area contributed by atoms with E-state index in [1.165, 1.54) is 11.3 Å². The summed E-state index contributed by atoms with van der Waals surface area (Å²) >= 11 is 1.23. The van der Waals surface area contributed by atoms with Crippen LogP contribution >= 0.6 is 11.3 Å². The minimum Gasteiger partial charge on any atom is -0.326 e. The van der Waals surface area contributed by atoms with E-state index in [-0.39, 0.29) is 11.8 Å². The summed E-state index contributed by atoms with van der Waals surface area (Å²) in [5.41, 5.74) is 1.38. The van der Waals surface area contributed by atoms with Crippen LogP contribution in [-0.2, 0) is 14.8 Å². The summed E-state index contributed by atoms with van der Waals surface area (Å²) in [5, 5.41) is 3.22. The molecule has 1 heterocycles. The fraction of sp³-hybridized carbons (Fsp3) is 0.429. The topological polar surface area (TPSA) is 88.2 Å². The maximum absolute atomic E-state index is 12.1. The number of sulfonamides is 1. The third-order valence-electron chi connectivity index (χ3n) is 3.29. The normalized spacial score (nSPS) is 11.8. The Hall–Kier alpha value is -1.67. The van der Waals surface area contributed by atoms with Crippen molar-refractivity contribution in [3.8, 4) is 0 Å². The van der Waals surface area contributed by atoms with Gasteiger partial charge in [0, 0.05) is 11.6 Å². The lowest BCUT2D eigenvalue weighted by atomic mass is 10.0. The van der Waals surface area contributed by atoms with Crippen molar-refractivity contribution >= 4 is 48.3 Å². The molecule has 2 rings (SSSR count). The molecular weight excluding hydrogens is 322 g/mol. The number of fused-ring (bicyclic) bond motifs is 1. The predicted octanol–water partition coefficient (Wildman–Crippen LogP) is 3.04. The summed E-state index contributed by atoms with van der Waals surface area (Å²) < 4.78 is 25.6. The first-order valence-electron chi connectivity index (χ1n) is 7.01. The number of aromatic nitrogens is 1. The van der Waals surface area contributed by atoms with Crippen molar-refractivity contribution in [2.45, 2.75) is 26.7 Å². The van der Waals surface area contributed by atoms with Gasteiger partial charge in [-0.1, -0.05) is 25.2 Å². The Balaban J connectivity index is 2.21. The van der Waals surface area contributed by atoms with Crippen LogP contribution in [0.1, 0.15) is 26.7 Å². The molecule has 0 saturated heterocycles. The van der Waals surface area contributed by atoms with Crippen molar-refractivity contribution in [1.29, 1.82) is 0 Å². The lowest BCUT2D eigenvalue weighted by Gasteiger charge is -2.12. The number of rotatable bonds is 6. The number of benzene rings is 1. The Kier molecular flexibility index (Phi) is 5.02. The van der Waals surface area contributed by atoms with Gasteiger partial charge in [0.2, 0.25) is 15.9 Å². The second kappa shape index (κ2) is 6.62. The molecule has 0 aliphatic heterocycles. The van der Waals surface area contributed by atoms with Crippen molar-refractivity contribution in [1.82, 2.24) is 4.98 Å². The van der Waals surface area contributed by atoms with Gasteiger partial charge in [0.25, 0.3) is 0 Å². The van der Waals surface area contributed by atoms with Crippen LogP contribution in [-0.4, -0.2) is 25.6 Å². The van der Waals surface area contributed by atoms with Crippen molar-refractivity contribution in [3.05, 3.63) is 18.2 Å². The minimum atomic E-state index is -3.34. The predicted molar refractivity (Wildman–Crippen MR) is 90.8 cm³/mol. The second-order valence-corrected chi connectivity index (χ2v) is 7.86. The van der Waals surface area contributed by atoms with E-state index in [0.717, 1.165) is 23.8 Å². The minimum absolute atomic E-state index is 0.000352. The average molecular weight is 341 g/mol. The molecule has 0 radical (unpaired) electrons. The quantitative estimate of drug-likeness (QED) is 0.845. The summed E-state index contributed by atoms with van der Waals surface area (Å²) in [6, 6.07) is 5.34. The number of carbonyl (C=O) groups excluding carboxylic acids is 1. The van der Waals surface area contributed by atoms with Crippen LogP contribution in [0.25, 0.3) is 10.2 Å². The van der Waals surface area contributed by atoms with Crippen LogP contribution in [0.3, 0.4) is 0 Å². The zero-order valence-corrected chi connectivity index (χ0v) is 14.3. The van der Waals surface area contributed by atoms with Crippen molar-refractivity contribution < 1.29 is 13.2 Å². The standard InChI is InChI=1S/C14H19N3O3S2/c1-4-9(5-2)13(18)15-10-6-7-11-12(8-10)21-14(16-11)17-22(3,19)20/h6-9H,4-5H2,1-3H3,(H,15,18)(H,16,17). The Labute approximate surface area is 134 Å². The molecule has 0 aliphatic carbocycles. The van der Waals surface area contributed by atoms with E-state index in [1.54, 1.807) is 18.2 Å². The summed E-state index contributed by atoms with van der Waals surface area (Å²) in [7, 11) is -3.34. The molecule has 22 heavy (non-hydrogen) atoms. The van der Waals surface area contributed by atoms with E-state index >= 15 is 0 Å². The molecule has 1 aromatic carbocycles. The Morgan fingerprint density at radius 3 is 2.59 bits per heavy atom. The summed E-state index contributed by atoms with van der Waals surface area (Å²) in [5.74, 6) is 0.00275. The van der Waals surface area contributed by atoms with Gasteiger partial charge in [-0.25, -0.2) is 13.4 Å². The summed E-state index contributed by atoms with van der Waals surface area (Å²) in [6.45, 7) is 3.98. The van der Waals surface area contributed by atoms with Gasteiger partial charge >= 0.3 is 0 Å². The van der Waals surface area contributed by atoms with Gasteiger partial charge in [-0.15, -0.1) is 0 Å². The number of carbonyl (C=O) groups is 1. The Morgan fingerprint density at radius 1 is 1.32 bits per heavy atom. The molecular formula is C14H19N3O3S2. The van der Waals surface area contributed by atoms with Crippen LogP contribution in [0.2, 0.25) is 0 Å². The van der Waals surface area contributed by atoms with Crippen molar-refractivity contribution in [3.63, 3.8) is 0 Å².